The molecule has 2 heterocycles. The Balaban J connectivity index is 1.99. The Labute approximate surface area is 133 Å². The average molecular weight is 346 g/mol. The highest BCUT2D eigenvalue weighted by molar-refractivity contribution is 7.89. The summed E-state index contributed by atoms with van der Waals surface area (Å²) in [7, 11) is -2.34. The van der Waals surface area contributed by atoms with E-state index < -0.39 is 28.0 Å². The van der Waals surface area contributed by atoms with E-state index in [-0.39, 0.29) is 16.7 Å². The smallest absolute Gasteiger partial charge is 0.308 e. The Bertz CT molecular complexity index is 720. The number of fused-ring (bicyclic) bond motifs is 2. The third kappa shape index (κ3) is 2.28. The van der Waals surface area contributed by atoms with Crippen LogP contribution in [-0.2, 0) is 14.8 Å². The van der Waals surface area contributed by atoms with Gasteiger partial charge in [0.1, 0.15) is 5.75 Å². The number of rotatable bonds is 4. The number of carboxylic acids is 1. The summed E-state index contributed by atoms with van der Waals surface area (Å²) in [5.74, 6) is -1.27. The van der Waals surface area contributed by atoms with Crippen molar-refractivity contribution in [3.05, 3.63) is 23.2 Å². The van der Waals surface area contributed by atoms with Crippen molar-refractivity contribution in [1.82, 2.24) is 4.31 Å². The van der Waals surface area contributed by atoms with E-state index in [1.807, 2.05) is 0 Å². The Morgan fingerprint density at radius 3 is 2.73 bits per heavy atom. The highest BCUT2D eigenvalue weighted by atomic mass is 35.5. The Morgan fingerprint density at radius 1 is 1.41 bits per heavy atom. The van der Waals surface area contributed by atoms with Gasteiger partial charge in [0.25, 0.3) is 0 Å². The molecule has 0 saturated carbocycles. The Kier molecular flexibility index (Phi) is 3.82. The van der Waals surface area contributed by atoms with Crippen LogP contribution in [0.2, 0.25) is 5.02 Å². The summed E-state index contributed by atoms with van der Waals surface area (Å²) in [5, 5.41) is 9.58. The molecule has 6 nitrogen and oxygen atoms in total. The molecule has 0 spiro atoms. The molecule has 0 aliphatic carbocycles. The molecule has 22 heavy (non-hydrogen) atoms. The van der Waals surface area contributed by atoms with Gasteiger partial charge in [-0.3, -0.25) is 4.79 Å². The van der Waals surface area contributed by atoms with Crippen LogP contribution >= 0.6 is 11.6 Å². The molecule has 3 rings (SSSR count). The Morgan fingerprint density at radius 2 is 2.14 bits per heavy atom. The van der Waals surface area contributed by atoms with E-state index in [9.17, 15) is 18.3 Å². The van der Waals surface area contributed by atoms with Crippen molar-refractivity contribution in [2.45, 2.75) is 36.2 Å². The third-order valence-corrected chi connectivity index (χ3v) is 6.77. The fourth-order valence-corrected chi connectivity index (χ4v) is 5.63. The molecule has 2 saturated heterocycles. The van der Waals surface area contributed by atoms with Crippen LogP contribution in [0.15, 0.2) is 23.1 Å². The van der Waals surface area contributed by atoms with Gasteiger partial charge in [-0.2, -0.15) is 4.31 Å². The number of benzene rings is 1. The fourth-order valence-electron chi connectivity index (χ4n) is 3.50. The van der Waals surface area contributed by atoms with Crippen molar-refractivity contribution >= 4 is 27.6 Å². The van der Waals surface area contributed by atoms with E-state index >= 15 is 0 Å². The summed E-state index contributed by atoms with van der Waals surface area (Å²) >= 11 is 5.93. The normalized spacial score (nSPS) is 28.0. The first-order chi connectivity index (χ1) is 10.4. The lowest BCUT2D eigenvalue weighted by Crippen LogP contribution is -2.37. The number of sulfonamides is 1. The molecule has 3 unspecified atom stereocenters. The molecule has 120 valence electrons. The molecule has 2 aliphatic heterocycles. The third-order valence-electron chi connectivity index (χ3n) is 4.49. The maximum Gasteiger partial charge on any atom is 0.308 e. The van der Waals surface area contributed by atoms with Crippen LogP contribution in [0.25, 0.3) is 0 Å². The molecule has 0 aromatic heterocycles. The molecule has 2 aliphatic rings. The quantitative estimate of drug-likeness (QED) is 0.902. The number of hydrogen-bond donors (Lipinski definition) is 1. The molecule has 2 fully saturated rings. The summed E-state index contributed by atoms with van der Waals surface area (Å²) in [6.45, 7) is 0. The van der Waals surface area contributed by atoms with Gasteiger partial charge in [-0.1, -0.05) is 11.6 Å². The second-order valence-electron chi connectivity index (χ2n) is 5.61. The number of aliphatic carboxylic acids is 1. The van der Waals surface area contributed by atoms with Gasteiger partial charge in [-0.05, 0) is 31.4 Å². The van der Waals surface area contributed by atoms with Crippen molar-refractivity contribution in [3.63, 3.8) is 0 Å². The number of nitrogens with zero attached hydrogens (tertiary/aromatic N) is 1. The number of methoxy groups -OCH3 is 1. The second-order valence-corrected chi connectivity index (χ2v) is 7.86. The summed E-state index contributed by atoms with van der Waals surface area (Å²) in [4.78, 5) is 11.4. The van der Waals surface area contributed by atoms with Gasteiger partial charge in [0.15, 0.2) is 0 Å². The number of hydrogen-bond acceptors (Lipinski definition) is 4. The van der Waals surface area contributed by atoms with Crippen LogP contribution in [0.1, 0.15) is 19.3 Å². The van der Waals surface area contributed by atoms with E-state index in [0.717, 1.165) is 0 Å². The summed E-state index contributed by atoms with van der Waals surface area (Å²) in [6, 6.07) is 3.57. The van der Waals surface area contributed by atoms with Crippen LogP contribution in [0.3, 0.4) is 0 Å². The standard InChI is InChI=1S/C14H16ClNO5S/c1-21-13-7-9(3-4-11(13)15)22(19,20)16-8-2-5-12(16)10(6-8)14(17)18/h3-4,7-8,10,12H,2,5-6H2,1H3,(H,17,18). The number of carbonyl (C=O) groups is 1. The number of ether oxygens (including phenoxy) is 1. The summed E-state index contributed by atoms with van der Waals surface area (Å²) < 4.78 is 32.2. The summed E-state index contributed by atoms with van der Waals surface area (Å²) in [5.41, 5.74) is 0. The second kappa shape index (κ2) is 5.40. The van der Waals surface area contributed by atoms with Crippen LogP contribution in [0.4, 0.5) is 0 Å². The molecular formula is C14H16ClNO5S. The van der Waals surface area contributed by atoms with Crippen molar-refractivity contribution in [3.8, 4) is 5.75 Å². The highest BCUT2D eigenvalue weighted by Gasteiger charge is 2.54. The lowest BCUT2D eigenvalue weighted by molar-refractivity contribution is -0.142. The topological polar surface area (TPSA) is 83.9 Å². The van der Waals surface area contributed by atoms with E-state index in [4.69, 9.17) is 16.3 Å². The van der Waals surface area contributed by atoms with Gasteiger partial charge in [0.2, 0.25) is 10.0 Å². The molecule has 0 amide bonds. The van der Waals surface area contributed by atoms with Gasteiger partial charge in [-0.25, -0.2) is 8.42 Å². The molecule has 1 aromatic rings. The van der Waals surface area contributed by atoms with Crippen LogP contribution < -0.4 is 4.74 Å². The largest absolute Gasteiger partial charge is 0.495 e. The zero-order chi connectivity index (χ0) is 16.1. The van der Waals surface area contributed by atoms with Crippen LogP contribution in [-0.4, -0.2) is 43.0 Å². The van der Waals surface area contributed by atoms with Gasteiger partial charge >= 0.3 is 5.97 Å². The lowest BCUT2D eigenvalue weighted by Gasteiger charge is -2.22. The van der Waals surface area contributed by atoms with E-state index in [1.165, 1.54) is 29.6 Å². The van der Waals surface area contributed by atoms with E-state index in [1.54, 1.807) is 0 Å². The highest BCUT2D eigenvalue weighted by Crippen LogP contribution is 2.45. The first kappa shape index (κ1) is 15.6. The fraction of sp³-hybridized carbons (Fsp3) is 0.500. The average Bonchev–Trinajstić information content (AvgIpc) is 3.06. The predicted molar refractivity (Wildman–Crippen MR) is 79.6 cm³/mol. The number of halogens is 1. The zero-order valence-electron chi connectivity index (χ0n) is 11.9. The monoisotopic (exact) mass is 345 g/mol. The first-order valence-electron chi connectivity index (χ1n) is 6.96. The van der Waals surface area contributed by atoms with Crippen molar-refractivity contribution in [2.24, 2.45) is 5.92 Å². The SMILES string of the molecule is COc1cc(S(=O)(=O)N2C3CCC2C(C(=O)O)C3)ccc1Cl. The van der Waals surface area contributed by atoms with Gasteiger partial charge in [0, 0.05) is 18.2 Å². The number of carboxylic acid groups (broad SMARTS) is 1. The minimum Gasteiger partial charge on any atom is -0.495 e. The van der Waals surface area contributed by atoms with Gasteiger partial charge in [-0.15, -0.1) is 0 Å². The molecule has 8 heteroatoms. The minimum atomic E-state index is -3.76. The molecule has 1 N–H and O–H groups in total. The van der Waals surface area contributed by atoms with Crippen molar-refractivity contribution in [1.29, 1.82) is 0 Å². The predicted octanol–water partition coefficient (Wildman–Crippen LogP) is 1.97. The minimum absolute atomic E-state index is 0.0803. The lowest BCUT2D eigenvalue weighted by atomic mass is 9.89. The van der Waals surface area contributed by atoms with Crippen molar-refractivity contribution in [2.75, 3.05) is 7.11 Å². The van der Waals surface area contributed by atoms with Gasteiger partial charge in [0.05, 0.1) is 22.9 Å². The maximum absolute atomic E-state index is 12.9. The maximum atomic E-state index is 12.9. The molecular weight excluding hydrogens is 330 g/mol. The van der Waals surface area contributed by atoms with Gasteiger partial charge < -0.3 is 9.84 Å². The van der Waals surface area contributed by atoms with E-state index in [2.05, 4.69) is 0 Å². The van der Waals surface area contributed by atoms with Crippen LogP contribution in [0, 0.1) is 5.92 Å². The zero-order valence-corrected chi connectivity index (χ0v) is 13.5. The van der Waals surface area contributed by atoms with Crippen molar-refractivity contribution < 1.29 is 23.1 Å². The molecule has 3 atom stereocenters. The Hall–Kier alpha value is -1.31. The first-order valence-corrected chi connectivity index (χ1v) is 8.78. The molecule has 2 bridgehead atoms. The van der Waals surface area contributed by atoms with E-state index in [0.29, 0.717) is 24.3 Å². The summed E-state index contributed by atoms with van der Waals surface area (Å²) in [6.07, 6.45) is 1.67. The molecule has 1 aromatic carbocycles. The molecule has 0 radical (unpaired) electrons. The van der Waals surface area contributed by atoms with Crippen LogP contribution in [0.5, 0.6) is 5.75 Å².